The normalized spacial score (nSPS) is 17.3. The summed E-state index contributed by atoms with van der Waals surface area (Å²) in [5.41, 5.74) is 5.35. The predicted molar refractivity (Wildman–Crippen MR) is 228 cm³/mol. The van der Waals surface area contributed by atoms with E-state index in [4.69, 9.17) is 4.98 Å². The van der Waals surface area contributed by atoms with Gasteiger partial charge in [0.25, 0.3) is 5.91 Å². The van der Waals surface area contributed by atoms with Crippen molar-refractivity contribution in [2.45, 2.75) is 72.1 Å². The highest BCUT2D eigenvalue weighted by Gasteiger charge is 2.39. The Morgan fingerprint density at radius 3 is 2.40 bits per heavy atom. The smallest absolute Gasteiger partial charge is 0.259 e. The van der Waals surface area contributed by atoms with Crippen LogP contribution < -0.4 is 26.2 Å². The van der Waals surface area contributed by atoms with Gasteiger partial charge in [0, 0.05) is 73.2 Å². The maximum absolute atomic E-state index is 13.4. The first-order valence-corrected chi connectivity index (χ1v) is 21.1. The van der Waals surface area contributed by atoms with Crippen molar-refractivity contribution in [3.63, 3.8) is 0 Å². The van der Waals surface area contributed by atoms with Crippen molar-refractivity contribution in [3.8, 4) is 0 Å². The van der Waals surface area contributed by atoms with Crippen LogP contribution in [0.3, 0.4) is 0 Å². The average Bonchev–Trinajstić information content (AvgIpc) is 3.96. The summed E-state index contributed by atoms with van der Waals surface area (Å²) in [6, 6.07) is 10.7. The van der Waals surface area contributed by atoms with Gasteiger partial charge >= 0.3 is 0 Å². The second-order valence-electron chi connectivity index (χ2n) is 15.4. The Morgan fingerprint density at radius 1 is 0.914 bits per heavy atom. The topological polar surface area (TPSA) is 174 Å². The monoisotopic (exact) mass is 804 g/mol. The average molecular weight is 805 g/mol. The number of aryl methyl sites for hydroxylation is 2. The van der Waals surface area contributed by atoms with Crippen LogP contribution in [0.2, 0.25) is 0 Å². The number of ketones is 1. The molecule has 1 aromatic carbocycles. The second kappa shape index (κ2) is 18.4. The minimum Gasteiger partial charge on any atom is -0.368 e. The number of nitrogens with one attached hydrogen (secondary N) is 4. The van der Waals surface area contributed by atoms with Gasteiger partial charge < -0.3 is 20.9 Å². The van der Waals surface area contributed by atoms with E-state index >= 15 is 0 Å². The van der Waals surface area contributed by atoms with Gasteiger partial charge in [0.2, 0.25) is 17.8 Å². The summed E-state index contributed by atoms with van der Waals surface area (Å²) in [6.07, 6.45) is 11.2. The molecule has 1 aliphatic heterocycles. The van der Waals surface area contributed by atoms with Gasteiger partial charge in [-0.1, -0.05) is 38.8 Å². The molecule has 14 nitrogen and oxygen atoms in total. The summed E-state index contributed by atoms with van der Waals surface area (Å²) in [7, 11) is 0. The van der Waals surface area contributed by atoms with E-state index in [1.807, 2.05) is 51.4 Å². The summed E-state index contributed by atoms with van der Waals surface area (Å²) in [5, 5.41) is 12.2. The highest BCUT2D eigenvalue weighted by Crippen LogP contribution is 2.47. The van der Waals surface area contributed by atoms with E-state index in [1.165, 1.54) is 24.2 Å². The molecular weight excluding hydrogens is 753 g/mol. The van der Waals surface area contributed by atoms with Crippen molar-refractivity contribution < 1.29 is 19.2 Å². The van der Waals surface area contributed by atoms with Crippen molar-refractivity contribution in [2.24, 2.45) is 11.8 Å². The standard InChI is InChI=1S/C43H52N10O4S/c1-5-26(2)40(56)33-22-30-23-46-42(50-39(30)38(33)29-10-6-7-11-29)49-35-15-14-31(24-45-35)53-20-18-52(19-21-53)25-37(55)44-17-16-36(54)48-34-13-9-8-12-32(34)41(57)51-43-47-27(3)28(4)58-43/h8-9,12-15,22-24,26,29,38H,5-7,10-11,16-21,25H2,1-4H3,(H,44,55)(H,48,54)(H,47,51,57)(H,45,46,49,50). The van der Waals surface area contributed by atoms with E-state index in [-0.39, 0.29) is 54.9 Å². The van der Waals surface area contributed by atoms with Crippen LogP contribution in [0.1, 0.15) is 90.5 Å². The fourth-order valence-electron chi connectivity index (χ4n) is 7.89. The lowest BCUT2D eigenvalue weighted by Gasteiger charge is -2.35. The lowest BCUT2D eigenvalue weighted by atomic mass is 9.80. The van der Waals surface area contributed by atoms with Crippen LogP contribution in [0, 0.1) is 25.7 Å². The summed E-state index contributed by atoms with van der Waals surface area (Å²) in [4.78, 5) is 75.8. The number of fused-ring (bicyclic) bond motifs is 1. The number of carbonyl (C=O) groups is 4. The second-order valence-corrected chi connectivity index (χ2v) is 16.6. The van der Waals surface area contributed by atoms with Gasteiger partial charge in [0.1, 0.15) is 5.82 Å². The molecule has 15 heteroatoms. The maximum Gasteiger partial charge on any atom is 0.259 e. The van der Waals surface area contributed by atoms with Gasteiger partial charge in [-0.25, -0.2) is 19.9 Å². The van der Waals surface area contributed by atoms with Gasteiger partial charge in [-0.05, 0) is 69.4 Å². The highest BCUT2D eigenvalue weighted by molar-refractivity contribution is 7.15. The van der Waals surface area contributed by atoms with Crippen LogP contribution >= 0.6 is 11.3 Å². The maximum atomic E-state index is 13.4. The number of rotatable bonds is 15. The zero-order chi connectivity index (χ0) is 40.8. The molecule has 304 valence electrons. The van der Waals surface area contributed by atoms with Gasteiger partial charge in [-0.2, -0.15) is 0 Å². The van der Waals surface area contributed by atoms with Crippen LogP contribution in [0.5, 0.6) is 0 Å². The zero-order valence-electron chi connectivity index (χ0n) is 33.6. The number of para-hydroxylation sites is 1. The lowest BCUT2D eigenvalue weighted by molar-refractivity contribution is -0.122. The largest absolute Gasteiger partial charge is 0.368 e. The van der Waals surface area contributed by atoms with Crippen LogP contribution in [-0.4, -0.2) is 87.6 Å². The molecule has 1 saturated heterocycles. The van der Waals surface area contributed by atoms with E-state index in [0.29, 0.717) is 47.2 Å². The van der Waals surface area contributed by atoms with E-state index in [9.17, 15) is 19.2 Å². The number of carbonyl (C=O) groups excluding carboxylic acids is 4. The summed E-state index contributed by atoms with van der Waals surface area (Å²) >= 11 is 1.40. The molecule has 1 saturated carbocycles. The Kier molecular flexibility index (Phi) is 12.9. The Bertz CT molecular complexity index is 2150. The molecule has 58 heavy (non-hydrogen) atoms. The minimum absolute atomic E-state index is 0.0128. The number of thiazole rings is 1. The summed E-state index contributed by atoms with van der Waals surface area (Å²) < 4.78 is 0. The number of nitrogens with zero attached hydrogens (tertiary/aromatic N) is 6. The van der Waals surface area contributed by atoms with E-state index < -0.39 is 0 Å². The Hall–Kier alpha value is -5.54. The molecule has 3 aromatic heterocycles. The Morgan fingerprint density at radius 2 is 1.69 bits per heavy atom. The number of piperazine rings is 1. The predicted octanol–water partition coefficient (Wildman–Crippen LogP) is 6.49. The number of hydrogen-bond donors (Lipinski definition) is 4. The molecule has 0 radical (unpaired) electrons. The molecular formula is C43H52N10O4S. The molecule has 0 spiro atoms. The first-order chi connectivity index (χ1) is 28.1. The third-order valence-electron chi connectivity index (χ3n) is 11.5. The first kappa shape index (κ1) is 40.6. The van der Waals surface area contributed by atoms with E-state index in [0.717, 1.165) is 65.4 Å². The number of hydrogen-bond acceptors (Lipinski definition) is 12. The third-order valence-corrected chi connectivity index (χ3v) is 12.5. The fourth-order valence-corrected chi connectivity index (χ4v) is 8.70. The van der Waals surface area contributed by atoms with Crippen molar-refractivity contribution in [1.29, 1.82) is 0 Å². The van der Waals surface area contributed by atoms with Crippen molar-refractivity contribution >= 4 is 69.2 Å². The van der Waals surface area contributed by atoms with Crippen LogP contribution in [0.25, 0.3) is 6.08 Å². The molecule has 2 aliphatic carbocycles. The molecule has 3 amide bonds. The number of pyridine rings is 1. The van der Waals surface area contributed by atoms with Crippen LogP contribution in [-0.2, 0) is 14.4 Å². The van der Waals surface area contributed by atoms with Gasteiger partial charge in [-0.3, -0.25) is 29.4 Å². The number of Topliss-reactive ketones (excluding diaryl/α,β-unsaturated/α-hetero) is 1. The van der Waals surface area contributed by atoms with Crippen LogP contribution in [0.15, 0.2) is 54.4 Å². The SMILES string of the molecule is CCC(C)C(=O)C1=Cc2cnc(Nc3ccc(N4CCN(CC(=O)NCCC(=O)Nc5ccccc5C(=O)Nc5nc(C)c(C)s5)CC4)cn3)nc2C1C1CCCC1. The van der Waals surface area contributed by atoms with Crippen LogP contribution in [0.4, 0.5) is 28.3 Å². The van der Waals surface area contributed by atoms with Gasteiger partial charge in [0.15, 0.2) is 10.9 Å². The lowest BCUT2D eigenvalue weighted by Crippen LogP contribution is -2.49. The van der Waals surface area contributed by atoms with E-state index in [1.54, 1.807) is 24.3 Å². The molecule has 2 atom stereocenters. The number of aromatic nitrogens is 4. The number of amides is 3. The molecule has 4 aromatic rings. The Balaban J connectivity index is 0.844. The van der Waals surface area contributed by atoms with Crippen molar-refractivity contribution in [1.82, 2.24) is 30.2 Å². The third kappa shape index (κ3) is 9.59. The minimum atomic E-state index is -0.360. The Labute approximate surface area is 343 Å². The zero-order valence-corrected chi connectivity index (χ0v) is 34.5. The molecule has 2 unspecified atom stereocenters. The van der Waals surface area contributed by atoms with E-state index in [2.05, 4.69) is 52.9 Å². The summed E-state index contributed by atoms with van der Waals surface area (Å²) in [5.74, 6) is 0.962. The summed E-state index contributed by atoms with van der Waals surface area (Å²) in [6.45, 7) is 11.2. The first-order valence-electron chi connectivity index (χ1n) is 20.3. The quantitative estimate of drug-likeness (QED) is 0.103. The molecule has 3 aliphatic rings. The number of benzene rings is 1. The molecule has 4 heterocycles. The molecule has 2 fully saturated rings. The number of anilines is 5. The van der Waals surface area contributed by atoms with Gasteiger partial charge in [-0.15, -0.1) is 11.3 Å². The molecule has 0 bridgehead atoms. The van der Waals surface area contributed by atoms with Gasteiger partial charge in [0.05, 0.1) is 41.1 Å². The molecule has 4 N–H and O–H groups in total. The number of allylic oxidation sites excluding steroid dienone is 1. The van der Waals surface area contributed by atoms with Crippen molar-refractivity contribution in [3.05, 3.63) is 81.8 Å². The fraction of sp³-hybridized carbons (Fsp3) is 0.442. The highest BCUT2D eigenvalue weighted by atomic mass is 32.1. The molecule has 7 rings (SSSR count). The van der Waals surface area contributed by atoms with Crippen molar-refractivity contribution in [2.75, 3.05) is 60.1 Å².